The van der Waals surface area contributed by atoms with Crippen molar-refractivity contribution in [3.63, 3.8) is 0 Å². The van der Waals surface area contributed by atoms with Crippen molar-refractivity contribution >= 4 is 5.97 Å². The van der Waals surface area contributed by atoms with Gasteiger partial charge in [-0.05, 0) is 18.8 Å². The number of carbonyl (C=O) groups is 1. The van der Waals surface area contributed by atoms with E-state index in [0.717, 1.165) is 0 Å². The second-order valence-corrected chi connectivity index (χ2v) is 3.38. The summed E-state index contributed by atoms with van der Waals surface area (Å²) in [5.74, 6) is 5.00. The zero-order valence-electron chi connectivity index (χ0n) is 7.44. The van der Waals surface area contributed by atoms with Crippen LogP contribution in [0.25, 0.3) is 0 Å². The monoisotopic (exact) mass is 185 g/mol. The first kappa shape index (κ1) is 9.85. The Hall–Kier alpha value is -1.23. The zero-order chi connectivity index (χ0) is 9.84. The van der Waals surface area contributed by atoms with Crippen LogP contribution in [0.5, 0.6) is 0 Å². The lowest BCUT2D eigenvalue weighted by atomic mass is 9.85. The standard InChI is InChI=1S/C8H15N3O2/c9-7(8(12)13)5-11(10)4-6-2-1-3-6/h5-6H,1-4,9-10H2,(H,12,13)/b7-5-. The number of rotatable bonds is 4. The Bertz CT molecular complexity index is 223. The third-order valence-corrected chi connectivity index (χ3v) is 2.25. The van der Waals surface area contributed by atoms with Gasteiger partial charge in [-0.1, -0.05) is 6.42 Å². The maximum absolute atomic E-state index is 10.3. The van der Waals surface area contributed by atoms with E-state index in [-0.39, 0.29) is 5.70 Å². The van der Waals surface area contributed by atoms with Gasteiger partial charge in [-0.2, -0.15) is 0 Å². The highest BCUT2D eigenvalue weighted by Crippen LogP contribution is 2.26. The van der Waals surface area contributed by atoms with Crippen molar-refractivity contribution in [3.8, 4) is 0 Å². The lowest BCUT2D eigenvalue weighted by molar-refractivity contribution is -0.132. The van der Waals surface area contributed by atoms with Crippen LogP contribution < -0.4 is 11.6 Å². The van der Waals surface area contributed by atoms with Gasteiger partial charge in [-0.15, -0.1) is 0 Å². The molecular formula is C8H15N3O2. The first-order chi connectivity index (χ1) is 6.09. The lowest BCUT2D eigenvalue weighted by Gasteiger charge is -2.28. The van der Waals surface area contributed by atoms with Crippen molar-refractivity contribution in [1.29, 1.82) is 0 Å². The maximum Gasteiger partial charge on any atom is 0.353 e. The van der Waals surface area contributed by atoms with E-state index in [0.29, 0.717) is 12.5 Å². The van der Waals surface area contributed by atoms with Gasteiger partial charge in [0.2, 0.25) is 0 Å². The number of aliphatic carboxylic acids is 1. The number of nitrogens with zero attached hydrogens (tertiary/aromatic N) is 1. The smallest absolute Gasteiger partial charge is 0.353 e. The Morgan fingerprint density at radius 1 is 1.62 bits per heavy atom. The molecule has 0 unspecified atom stereocenters. The van der Waals surface area contributed by atoms with Gasteiger partial charge in [0.15, 0.2) is 0 Å². The predicted molar refractivity (Wildman–Crippen MR) is 48.1 cm³/mol. The summed E-state index contributed by atoms with van der Waals surface area (Å²) in [5, 5.41) is 9.82. The van der Waals surface area contributed by atoms with E-state index in [4.69, 9.17) is 16.7 Å². The Morgan fingerprint density at radius 2 is 2.23 bits per heavy atom. The SMILES string of the molecule is N/C(=C\N(N)CC1CCC1)C(=O)O. The molecule has 0 aliphatic heterocycles. The highest BCUT2D eigenvalue weighted by molar-refractivity contribution is 5.85. The molecule has 5 N–H and O–H groups in total. The first-order valence-corrected chi connectivity index (χ1v) is 4.31. The molecule has 1 fully saturated rings. The fourth-order valence-electron chi connectivity index (χ4n) is 1.26. The summed E-state index contributed by atoms with van der Waals surface area (Å²) < 4.78 is 0. The predicted octanol–water partition coefficient (Wildman–Crippen LogP) is -0.153. The molecule has 0 atom stereocenters. The molecule has 0 radical (unpaired) electrons. The summed E-state index contributed by atoms with van der Waals surface area (Å²) in [6.45, 7) is 0.688. The second-order valence-electron chi connectivity index (χ2n) is 3.38. The second kappa shape index (κ2) is 4.13. The van der Waals surface area contributed by atoms with Gasteiger partial charge < -0.3 is 15.8 Å². The molecular weight excluding hydrogens is 170 g/mol. The highest BCUT2D eigenvalue weighted by Gasteiger charge is 2.18. The quantitative estimate of drug-likeness (QED) is 0.322. The van der Waals surface area contributed by atoms with Crippen LogP contribution in [-0.4, -0.2) is 22.6 Å². The molecule has 5 nitrogen and oxygen atoms in total. The average Bonchev–Trinajstić information content (AvgIpc) is 1.96. The van der Waals surface area contributed by atoms with E-state index < -0.39 is 5.97 Å². The molecule has 74 valence electrons. The molecule has 0 saturated heterocycles. The third-order valence-electron chi connectivity index (χ3n) is 2.25. The largest absolute Gasteiger partial charge is 0.477 e. The molecule has 0 bridgehead atoms. The van der Waals surface area contributed by atoms with Gasteiger partial charge >= 0.3 is 5.97 Å². The number of carboxylic acids is 1. The van der Waals surface area contributed by atoms with Crippen LogP contribution in [0.1, 0.15) is 19.3 Å². The average molecular weight is 185 g/mol. The minimum absolute atomic E-state index is 0.221. The maximum atomic E-state index is 10.3. The molecule has 1 rings (SSSR count). The topological polar surface area (TPSA) is 92.6 Å². The van der Waals surface area contributed by atoms with Gasteiger partial charge in [0.25, 0.3) is 0 Å². The lowest BCUT2D eigenvalue weighted by Crippen LogP contribution is -2.35. The molecule has 5 heteroatoms. The summed E-state index contributed by atoms with van der Waals surface area (Å²) in [4.78, 5) is 10.3. The zero-order valence-corrected chi connectivity index (χ0v) is 7.44. The fourth-order valence-corrected chi connectivity index (χ4v) is 1.26. The van der Waals surface area contributed by atoms with Crippen LogP contribution in [0.15, 0.2) is 11.9 Å². The van der Waals surface area contributed by atoms with E-state index >= 15 is 0 Å². The van der Waals surface area contributed by atoms with E-state index in [1.807, 2.05) is 0 Å². The van der Waals surface area contributed by atoms with Crippen LogP contribution in [0.4, 0.5) is 0 Å². The fraction of sp³-hybridized carbons (Fsp3) is 0.625. The number of carboxylic acid groups (broad SMARTS) is 1. The molecule has 0 aromatic carbocycles. The normalized spacial score (nSPS) is 18.1. The van der Waals surface area contributed by atoms with E-state index in [9.17, 15) is 4.79 Å². The van der Waals surface area contributed by atoms with Crippen LogP contribution in [-0.2, 0) is 4.79 Å². The van der Waals surface area contributed by atoms with Gasteiger partial charge in [0, 0.05) is 12.7 Å². The Balaban J connectivity index is 2.33. The van der Waals surface area contributed by atoms with Crippen molar-refractivity contribution in [2.24, 2.45) is 17.5 Å². The van der Waals surface area contributed by atoms with Gasteiger partial charge in [-0.25, -0.2) is 10.6 Å². The summed E-state index contributed by atoms with van der Waals surface area (Å²) >= 11 is 0. The summed E-state index contributed by atoms with van der Waals surface area (Å²) in [7, 11) is 0. The van der Waals surface area contributed by atoms with E-state index in [1.165, 1.54) is 30.5 Å². The van der Waals surface area contributed by atoms with Gasteiger partial charge in [-0.3, -0.25) is 0 Å². The van der Waals surface area contributed by atoms with Crippen LogP contribution in [0, 0.1) is 5.92 Å². The van der Waals surface area contributed by atoms with Crippen LogP contribution in [0.3, 0.4) is 0 Å². The molecule has 1 aliphatic carbocycles. The van der Waals surface area contributed by atoms with E-state index in [2.05, 4.69) is 0 Å². The van der Waals surface area contributed by atoms with Crippen molar-refractivity contribution in [2.75, 3.05) is 6.54 Å². The summed E-state index contributed by atoms with van der Waals surface area (Å²) in [6.07, 6.45) is 4.86. The molecule has 1 saturated carbocycles. The third kappa shape index (κ3) is 2.95. The van der Waals surface area contributed by atoms with Crippen molar-refractivity contribution in [1.82, 2.24) is 5.01 Å². The Morgan fingerprint density at radius 3 is 2.62 bits per heavy atom. The number of hydrogen-bond donors (Lipinski definition) is 3. The number of hydrogen-bond acceptors (Lipinski definition) is 4. The number of hydrazine groups is 1. The van der Waals surface area contributed by atoms with Crippen LogP contribution in [0.2, 0.25) is 0 Å². The molecule has 13 heavy (non-hydrogen) atoms. The summed E-state index contributed by atoms with van der Waals surface area (Å²) in [6, 6.07) is 0. The van der Waals surface area contributed by atoms with Gasteiger partial charge in [0.05, 0.1) is 0 Å². The molecule has 0 aromatic heterocycles. The highest BCUT2D eigenvalue weighted by atomic mass is 16.4. The number of nitrogens with two attached hydrogens (primary N) is 2. The van der Waals surface area contributed by atoms with Crippen molar-refractivity contribution in [3.05, 3.63) is 11.9 Å². The minimum Gasteiger partial charge on any atom is -0.477 e. The van der Waals surface area contributed by atoms with Crippen molar-refractivity contribution < 1.29 is 9.90 Å². The molecule has 0 amide bonds. The molecule has 1 aliphatic rings. The Kier molecular flexibility index (Phi) is 3.13. The first-order valence-electron chi connectivity index (χ1n) is 4.31. The Labute approximate surface area is 77.0 Å². The molecule has 0 aromatic rings. The van der Waals surface area contributed by atoms with Crippen molar-refractivity contribution in [2.45, 2.75) is 19.3 Å². The summed E-state index contributed by atoms with van der Waals surface area (Å²) in [5.41, 5.74) is 4.97. The molecule has 0 heterocycles. The van der Waals surface area contributed by atoms with Crippen LogP contribution >= 0.6 is 0 Å². The van der Waals surface area contributed by atoms with Gasteiger partial charge in [0.1, 0.15) is 5.70 Å². The minimum atomic E-state index is -1.14. The molecule has 0 spiro atoms. The van der Waals surface area contributed by atoms with E-state index in [1.54, 1.807) is 0 Å².